The summed E-state index contributed by atoms with van der Waals surface area (Å²) in [6.07, 6.45) is 3.28. The van der Waals surface area contributed by atoms with Gasteiger partial charge in [-0.05, 0) is 46.9 Å². The molecule has 1 aromatic carbocycles. The number of nitrogens with one attached hydrogen (secondary N) is 2. The SMILES string of the molecule is Cc1cscc1CNC(=O)CCc1c[nH]c2ccccc12. The number of carbonyl (C=O) groups excluding carboxylic acids is 1. The zero-order valence-electron chi connectivity index (χ0n) is 12.0. The van der Waals surface area contributed by atoms with Crippen LogP contribution in [0, 0.1) is 6.92 Å². The lowest BCUT2D eigenvalue weighted by Gasteiger charge is -2.05. The zero-order valence-corrected chi connectivity index (χ0v) is 12.8. The Morgan fingerprint density at radius 3 is 2.90 bits per heavy atom. The third kappa shape index (κ3) is 3.16. The quantitative estimate of drug-likeness (QED) is 0.739. The molecule has 21 heavy (non-hydrogen) atoms. The molecule has 0 aliphatic heterocycles. The highest BCUT2D eigenvalue weighted by Crippen LogP contribution is 2.19. The van der Waals surface area contributed by atoms with Crippen molar-refractivity contribution in [3.63, 3.8) is 0 Å². The van der Waals surface area contributed by atoms with Gasteiger partial charge in [0.2, 0.25) is 5.91 Å². The molecule has 0 unspecified atom stereocenters. The molecule has 2 N–H and O–H groups in total. The van der Waals surface area contributed by atoms with Gasteiger partial charge in [0.25, 0.3) is 0 Å². The van der Waals surface area contributed by atoms with Crippen LogP contribution in [0.2, 0.25) is 0 Å². The molecule has 0 saturated carbocycles. The van der Waals surface area contributed by atoms with E-state index in [2.05, 4.69) is 40.1 Å². The molecular formula is C17H18N2OS. The minimum absolute atomic E-state index is 0.103. The molecule has 0 spiro atoms. The van der Waals surface area contributed by atoms with Crippen molar-refractivity contribution in [1.29, 1.82) is 0 Å². The molecule has 4 heteroatoms. The van der Waals surface area contributed by atoms with Gasteiger partial charge in [0.15, 0.2) is 0 Å². The molecule has 2 aromatic heterocycles. The van der Waals surface area contributed by atoms with Gasteiger partial charge < -0.3 is 10.3 Å². The number of para-hydroxylation sites is 1. The maximum Gasteiger partial charge on any atom is 0.220 e. The molecule has 0 radical (unpaired) electrons. The molecule has 3 nitrogen and oxygen atoms in total. The van der Waals surface area contributed by atoms with Gasteiger partial charge in [-0.15, -0.1) is 0 Å². The Bertz CT molecular complexity index is 757. The third-order valence-corrected chi connectivity index (χ3v) is 4.64. The first-order valence-electron chi connectivity index (χ1n) is 7.07. The van der Waals surface area contributed by atoms with Crippen LogP contribution in [-0.2, 0) is 17.8 Å². The average molecular weight is 298 g/mol. The van der Waals surface area contributed by atoms with Gasteiger partial charge in [-0.3, -0.25) is 4.79 Å². The summed E-state index contributed by atoms with van der Waals surface area (Å²) in [5.41, 5.74) is 4.78. The number of hydrogen-bond acceptors (Lipinski definition) is 2. The Hall–Kier alpha value is -2.07. The molecule has 3 rings (SSSR count). The summed E-state index contributed by atoms with van der Waals surface area (Å²) in [4.78, 5) is 15.2. The van der Waals surface area contributed by atoms with Crippen molar-refractivity contribution < 1.29 is 4.79 Å². The van der Waals surface area contributed by atoms with Crippen LogP contribution in [0.25, 0.3) is 10.9 Å². The van der Waals surface area contributed by atoms with E-state index in [0.29, 0.717) is 13.0 Å². The third-order valence-electron chi connectivity index (χ3n) is 3.73. The predicted octanol–water partition coefficient (Wildman–Crippen LogP) is 3.79. The number of aromatic nitrogens is 1. The minimum atomic E-state index is 0.103. The maximum absolute atomic E-state index is 12.0. The molecule has 108 valence electrons. The lowest BCUT2D eigenvalue weighted by molar-refractivity contribution is -0.121. The van der Waals surface area contributed by atoms with Gasteiger partial charge in [0.05, 0.1) is 0 Å². The van der Waals surface area contributed by atoms with E-state index >= 15 is 0 Å². The molecule has 0 atom stereocenters. The fraction of sp³-hybridized carbons (Fsp3) is 0.235. The van der Waals surface area contributed by atoms with Crippen LogP contribution in [0.5, 0.6) is 0 Å². The number of aromatic amines is 1. The summed E-state index contributed by atoms with van der Waals surface area (Å²) in [5.74, 6) is 0.103. The minimum Gasteiger partial charge on any atom is -0.361 e. The van der Waals surface area contributed by atoms with Crippen LogP contribution >= 0.6 is 11.3 Å². The predicted molar refractivity (Wildman–Crippen MR) is 87.5 cm³/mol. The van der Waals surface area contributed by atoms with E-state index in [1.165, 1.54) is 22.1 Å². The monoisotopic (exact) mass is 298 g/mol. The first-order chi connectivity index (χ1) is 10.2. The number of benzene rings is 1. The molecule has 0 bridgehead atoms. The van der Waals surface area contributed by atoms with Gasteiger partial charge in [0, 0.05) is 30.1 Å². The standard InChI is InChI=1S/C17H18N2OS/c1-12-10-21-11-14(12)9-19-17(20)7-6-13-8-18-16-5-3-2-4-15(13)16/h2-5,8,10-11,18H,6-7,9H2,1H3,(H,19,20). The molecule has 2 heterocycles. The van der Waals surface area contributed by atoms with E-state index in [1.54, 1.807) is 11.3 Å². The van der Waals surface area contributed by atoms with Gasteiger partial charge in [-0.1, -0.05) is 18.2 Å². The largest absolute Gasteiger partial charge is 0.361 e. The fourth-order valence-corrected chi connectivity index (χ4v) is 3.29. The van der Waals surface area contributed by atoms with Crippen LogP contribution in [0.15, 0.2) is 41.2 Å². The maximum atomic E-state index is 12.0. The lowest BCUT2D eigenvalue weighted by atomic mass is 10.1. The number of amides is 1. The van der Waals surface area contributed by atoms with Crippen LogP contribution in [0.3, 0.4) is 0 Å². The fourth-order valence-electron chi connectivity index (χ4n) is 2.44. The second-order valence-corrected chi connectivity index (χ2v) is 5.96. The van der Waals surface area contributed by atoms with Crippen molar-refractivity contribution in [2.45, 2.75) is 26.3 Å². The summed E-state index contributed by atoms with van der Waals surface area (Å²) in [5, 5.41) is 8.40. The van der Waals surface area contributed by atoms with E-state index in [0.717, 1.165) is 11.9 Å². The van der Waals surface area contributed by atoms with E-state index < -0.39 is 0 Å². The van der Waals surface area contributed by atoms with Crippen LogP contribution < -0.4 is 5.32 Å². The van der Waals surface area contributed by atoms with Crippen molar-refractivity contribution in [3.05, 3.63) is 57.9 Å². The Morgan fingerprint density at radius 1 is 1.24 bits per heavy atom. The molecule has 0 aliphatic carbocycles. The summed E-state index contributed by atoms with van der Waals surface area (Å²) in [6, 6.07) is 8.18. The number of H-pyrrole nitrogens is 1. The second kappa shape index (κ2) is 6.14. The van der Waals surface area contributed by atoms with Crippen LogP contribution in [-0.4, -0.2) is 10.9 Å². The number of rotatable bonds is 5. The average Bonchev–Trinajstić information content (AvgIpc) is 3.09. The van der Waals surface area contributed by atoms with Gasteiger partial charge in [-0.25, -0.2) is 0 Å². The number of thiophene rings is 1. The highest BCUT2D eigenvalue weighted by molar-refractivity contribution is 7.08. The van der Waals surface area contributed by atoms with E-state index in [9.17, 15) is 4.79 Å². The van der Waals surface area contributed by atoms with Crippen molar-refractivity contribution in [2.75, 3.05) is 0 Å². The summed E-state index contributed by atoms with van der Waals surface area (Å²) in [6.45, 7) is 2.70. The molecule has 3 aromatic rings. The summed E-state index contributed by atoms with van der Waals surface area (Å²) in [7, 11) is 0. The number of carbonyl (C=O) groups is 1. The molecule has 0 fully saturated rings. The van der Waals surface area contributed by atoms with Gasteiger partial charge in [0.1, 0.15) is 0 Å². The Balaban J connectivity index is 1.55. The second-order valence-electron chi connectivity index (χ2n) is 5.22. The topological polar surface area (TPSA) is 44.9 Å². The first kappa shape index (κ1) is 13.9. The van der Waals surface area contributed by atoms with Crippen LogP contribution in [0.4, 0.5) is 0 Å². The number of aryl methyl sites for hydroxylation is 2. The highest BCUT2D eigenvalue weighted by Gasteiger charge is 2.07. The summed E-state index contributed by atoms with van der Waals surface area (Å²) < 4.78 is 0. The zero-order chi connectivity index (χ0) is 14.7. The molecular weight excluding hydrogens is 280 g/mol. The first-order valence-corrected chi connectivity index (χ1v) is 8.01. The number of fused-ring (bicyclic) bond motifs is 1. The Kier molecular flexibility index (Phi) is 4.06. The number of hydrogen-bond donors (Lipinski definition) is 2. The normalized spacial score (nSPS) is 10.9. The Labute approximate surface area is 128 Å². The van der Waals surface area contributed by atoms with E-state index in [4.69, 9.17) is 0 Å². The van der Waals surface area contributed by atoms with Crippen molar-refractivity contribution in [2.24, 2.45) is 0 Å². The van der Waals surface area contributed by atoms with Gasteiger partial charge in [-0.2, -0.15) is 11.3 Å². The Morgan fingerprint density at radius 2 is 2.10 bits per heavy atom. The van der Waals surface area contributed by atoms with Crippen molar-refractivity contribution in [1.82, 2.24) is 10.3 Å². The molecule has 0 aliphatic rings. The van der Waals surface area contributed by atoms with Crippen molar-refractivity contribution in [3.8, 4) is 0 Å². The smallest absolute Gasteiger partial charge is 0.220 e. The summed E-state index contributed by atoms with van der Waals surface area (Å²) >= 11 is 1.68. The van der Waals surface area contributed by atoms with Crippen LogP contribution in [0.1, 0.15) is 23.1 Å². The van der Waals surface area contributed by atoms with E-state index in [-0.39, 0.29) is 5.91 Å². The van der Waals surface area contributed by atoms with Gasteiger partial charge >= 0.3 is 0 Å². The highest BCUT2D eigenvalue weighted by atomic mass is 32.1. The molecule has 1 amide bonds. The lowest BCUT2D eigenvalue weighted by Crippen LogP contribution is -2.23. The van der Waals surface area contributed by atoms with Crippen molar-refractivity contribution >= 4 is 28.1 Å². The molecule has 0 saturated heterocycles. The van der Waals surface area contributed by atoms with E-state index in [1.807, 2.05) is 18.3 Å².